The standard InChI is InChI=1S/C24H23ClO10/c1-14(26)31-13-17-19(33-18(27)12-25)20(34-22(28)15-8-4-2-5-9-15)21(24(30)32-17)35-23(29)16-10-6-3-7-11-16/h2-11,17,19-21,24,30H,12-13H2,1H3/t17-,19-,20+,21-,24-/m1/s1. The van der Waals surface area contributed by atoms with Gasteiger partial charge in [0.1, 0.15) is 18.6 Å². The quantitative estimate of drug-likeness (QED) is 0.321. The summed E-state index contributed by atoms with van der Waals surface area (Å²) >= 11 is 5.58. The lowest BCUT2D eigenvalue weighted by Crippen LogP contribution is -2.62. The minimum Gasteiger partial charge on any atom is -0.463 e. The smallest absolute Gasteiger partial charge is 0.338 e. The van der Waals surface area contributed by atoms with Crippen LogP contribution in [0.5, 0.6) is 0 Å². The maximum Gasteiger partial charge on any atom is 0.338 e. The normalized spacial score (nSPS) is 23.6. The average Bonchev–Trinajstić information content (AvgIpc) is 2.87. The molecule has 0 unspecified atom stereocenters. The molecule has 1 fully saturated rings. The minimum atomic E-state index is -1.82. The van der Waals surface area contributed by atoms with E-state index in [0.717, 1.165) is 6.92 Å². The van der Waals surface area contributed by atoms with E-state index in [1.54, 1.807) is 36.4 Å². The highest BCUT2D eigenvalue weighted by Gasteiger charge is 2.52. The van der Waals surface area contributed by atoms with E-state index in [2.05, 4.69) is 0 Å². The fourth-order valence-electron chi connectivity index (χ4n) is 3.35. The molecule has 1 heterocycles. The molecule has 0 aromatic heterocycles. The molecule has 1 aliphatic heterocycles. The third-order valence-corrected chi connectivity index (χ3v) is 5.16. The van der Waals surface area contributed by atoms with E-state index in [4.69, 9.17) is 35.3 Å². The number of alkyl halides is 1. The molecule has 0 amide bonds. The van der Waals surface area contributed by atoms with Crippen LogP contribution in [0.15, 0.2) is 60.7 Å². The van der Waals surface area contributed by atoms with Crippen LogP contribution in [-0.4, -0.2) is 72.2 Å². The molecule has 10 nitrogen and oxygen atoms in total. The van der Waals surface area contributed by atoms with Gasteiger partial charge in [-0.25, -0.2) is 9.59 Å². The first-order chi connectivity index (χ1) is 16.8. The van der Waals surface area contributed by atoms with Crippen LogP contribution >= 0.6 is 11.6 Å². The average molecular weight is 507 g/mol. The fraction of sp³-hybridized carbons (Fsp3) is 0.333. The van der Waals surface area contributed by atoms with Crippen LogP contribution in [0.1, 0.15) is 27.6 Å². The SMILES string of the molecule is CC(=O)OC[C@H]1O[C@@H](O)[C@H](OC(=O)c2ccccc2)[C@@H](OC(=O)c2ccccc2)[C@@H]1OC(=O)CCl. The Kier molecular flexibility index (Phi) is 9.18. The van der Waals surface area contributed by atoms with Crippen LogP contribution in [0.25, 0.3) is 0 Å². The van der Waals surface area contributed by atoms with Gasteiger partial charge in [-0.15, -0.1) is 11.6 Å². The third-order valence-electron chi connectivity index (χ3n) is 4.94. The highest BCUT2D eigenvalue weighted by Crippen LogP contribution is 2.29. The van der Waals surface area contributed by atoms with Crippen LogP contribution in [0.2, 0.25) is 0 Å². The molecule has 186 valence electrons. The van der Waals surface area contributed by atoms with E-state index < -0.39 is 67.1 Å². The van der Waals surface area contributed by atoms with Crippen molar-refractivity contribution < 1.29 is 48.0 Å². The Hall–Kier alpha value is -3.47. The van der Waals surface area contributed by atoms with Crippen molar-refractivity contribution >= 4 is 35.5 Å². The van der Waals surface area contributed by atoms with E-state index in [-0.39, 0.29) is 11.1 Å². The second kappa shape index (κ2) is 12.3. The summed E-state index contributed by atoms with van der Waals surface area (Å²) in [4.78, 5) is 49.0. The van der Waals surface area contributed by atoms with Gasteiger partial charge >= 0.3 is 23.9 Å². The molecule has 3 rings (SSSR count). The van der Waals surface area contributed by atoms with Gasteiger partial charge in [-0.05, 0) is 24.3 Å². The summed E-state index contributed by atoms with van der Waals surface area (Å²) in [7, 11) is 0. The van der Waals surface area contributed by atoms with Crippen molar-refractivity contribution in [2.24, 2.45) is 0 Å². The largest absolute Gasteiger partial charge is 0.463 e. The van der Waals surface area contributed by atoms with Crippen LogP contribution in [0, 0.1) is 0 Å². The number of benzene rings is 2. The van der Waals surface area contributed by atoms with Crippen molar-refractivity contribution in [1.82, 2.24) is 0 Å². The second-order valence-corrected chi connectivity index (χ2v) is 7.69. The second-order valence-electron chi connectivity index (χ2n) is 7.43. The predicted molar refractivity (Wildman–Crippen MR) is 119 cm³/mol. The molecule has 1 saturated heterocycles. The van der Waals surface area contributed by atoms with Gasteiger partial charge in [-0.1, -0.05) is 36.4 Å². The Bertz CT molecular complexity index is 1030. The van der Waals surface area contributed by atoms with Crippen molar-refractivity contribution in [2.75, 3.05) is 12.5 Å². The summed E-state index contributed by atoms with van der Waals surface area (Å²) in [6.07, 6.45) is -7.65. The summed E-state index contributed by atoms with van der Waals surface area (Å²) in [5, 5.41) is 10.7. The maximum absolute atomic E-state index is 12.9. The van der Waals surface area contributed by atoms with Crippen LogP contribution in [0.4, 0.5) is 0 Å². The number of aliphatic hydroxyl groups excluding tert-OH is 1. The number of carbonyl (C=O) groups is 4. The van der Waals surface area contributed by atoms with Crippen molar-refractivity contribution in [3.05, 3.63) is 71.8 Å². The van der Waals surface area contributed by atoms with Crippen LogP contribution in [-0.2, 0) is 33.3 Å². The summed E-state index contributed by atoms with van der Waals surface area (Å²) in [6.45, 7) is 0.696. The first-order valence-electron chi connectivity index (χ1n) is 10.5. The Labute approximate surface area is 205 Å². The highest BCUT2D eigenvalue weighted by molar-refractivity contribution is 6.26. The summed E-state index contributed by atoms with van der Waals surface area (Å²) < 4.78 is 26.7. The topological polar surface area (TPSA) is 135 Å². The molecule has 5 atom stereocenters. The molecule has 1 aliphatic rings. The number of aliphatic hydroxyl groups is 1. The molecule has 11 heteroatoms. The Balaban J connectivity index is 1.95. The molecule has 1 N–H and O–H groups in total. The zero-order valence-corrected chi connectivity index (χ0v) is 19.3. The minimum absolute atomic E-state index is 0.153. The summed E-state index contributed by atoms with van der Waals surface area (Å²) in [5.41, 5.74) is 0.310. The first kappa shape index (κ1) is 26.1. The van der Waals surface area contributed by atoms with Crippen molar-refractivity contribution in [3.63, 3.8) is 0 Å². The number of rotatable bonds is 8. The molecular formula is C24H23ClO10. The van der Waals surface area contributed by atoms with E-state index in [1.807, 2.05) is 0 Å². The van der Waals surface area contributed by atoms with Crippen molar-refractivity contribution in [3.8, 4) is 0 Å². The lowest BCUT2D eigenvalue weighted by Gasteiger charge is -2.42. The molecule has 0 spiro atoms. The number of hydrogen-bond donors (Lipinski definition) is 1. The van der Waals surface area contributed by atoms with Gasteiger partial charge in [0, 0.05) is 6.92 Å². The number of halogens is 1. The predicted octanol–water partition coefficient (Wildman–Crippen LogP) is 1.87. The highest BCUT2D eigenvalue weighted by atomic mass is 35.5. The van der Waals surface area contributed by atoms with Crippen molar-refractivity contribution in [2.45, 2.75) is 37.6 Å². The fourth-order valence-corrected chi connectivity index (χ4v) is 3.41. The Morgan fingerprint density at radius 2 is 1.34 bits per heavy atom. The molecular weight excluding hydrogens is 484 g/mol. The first-order valence-corrected chi connectivity index (χ1v) is 11.1. The molecule has 0 radical (unpaired) electrons. The van der Waals surface area contributed by atoms with Gasteiger partial charge in [-0.3, -0.25) is 9.59 Å². The van der Waals surface area contributed by atoms with Crippen molar-refractivity contribution in [1.29, 1.82) is 0 Å². The summed E-state index contributed by atoms with van der Waals surface area (Å²) in [6, 6.07) is 15.8. The lowest BCUT2D eigenvalue weighted by molar-refractivity contribution is -0.288. The molecule has 2 aromatic carbocycles. The maximum atomic E-state index is 12.9. The van der Waals surface area contributed by atoms with Crippen LogP contribution < -0.4 is 0 Å². The zero-order chi connectivity index (χ0) is 25.4. The van der Waals surface area contributed by atoms with E-state index >= 15 is 0 Å². The molecule has 35 heavy (non-hydrogen) atoms. The van der Waals surface area contributed by atoms with Gasteiger partial charge in [0.25, 0.3) is 0 Å². The Morgan fingerprint density at radius 3 is 1.83 bits per heavy atom. The molecule has 2 aromatic rings. The van der Waals surface area contributed by atoms with E-state index in [1.165, 1.54) is 24.3 Å². The number of carbonyl (C=O) groups excluding carboxylic acids is 4. The number of esters is 4. The van der Waals surface area contributed by atoms with E-state index in [9.17, 15) is 24.3 Å². The van der Waals surface area contributed by atoms with Gasteiger partial charge in [-0.2, -0.15) is 0 Å². The molecule has 0 bridgehead atoms. The number of hydrogen-bond acceptors (Lipinski definition) is 10. The third kappa shape index (κ3) is 7.01. The number of ether oxygens (including phenoxy) is 5. The van der Waals surface area contributed by atoms with Crippen LogP contribution in [0.3, 0.4) is 0 Å². The van der Waals surface area contributed by atoms with Gasteiger partial charge in [0.15, 0.2) is 24.6 Å². The van der Waals surface area contributed by atoms with Gasteiger partial charge in [0.05, 0.1) is 11.1 Å². The van der Waals surface area contributed by atoms with Gasteiger partial charge in [0.2, 0.25) is 0 Å². The monoisotopic (exact) mass is 506 g/mol. The molecule has 0 aliphatic carbocycles. The van der Waals surface area contributed by atoms with Gasteiger partial charge < -0.3 is 28.8 Å². The van der Waals surface area contributed by atoms with E-state index in [0.29, 0.717) is 0 Å². The zero-order valence-electron chi connectivity index (χ0n) is 18.6. The lowest BCUT2D eigenvalue weighted by atomic mass is 9.98. The summed E-state index contributed by atoms with van der Waals surface area (Å²) in [5.74, 6) is -3.81. The Morgan fingerprint density at radius 1 is 0.829 bits per heavy atom. The molecule has 0 saturated carbocycles.